The van der Waals surface area contributed by atoms with E-state index in [9.17, 15) is 9.59 Å². The smallest absolute Gasteiger partial charge is 0.347 e. The molecule has 6 heteroatoms. The molecule has 0 bridgehead atoms. The molecule has 0 saturated heterocycles. The number of ether oxygens (including phenoxy) is 3. The van der Waals surface area contributed by atoms with Crippen LogP contribution in [0.4, 0.5) is 5.69 Å². The number of benzene rings is 2. The Labute approximate surface area is 140 Å². The Morgan fingerprint density at radius 3 is 2.25 bits per heavy atom. The molecule has 1 unspecified atom stereocenters. The lowest BCUT2D eigenvalue weighted by atomic mass is 10.3. The monoisotopic (exact) mass is 329 g/mol. The van der Waals surface area contributed by atoms with Crippen LogP contribution in [0.25, 0.3) is 0 Å². The van der Waals surface area contributed by atoms with Crippen molar-refractivity contribution in [2.75, 3.05) is 19.0 Å². The van der Waals surface area contributed by atoms with Gasteiger partial charge in [-0.25, -0.2) is 4.79 Å². The average Bonchev–Trinajstić information content (AvgIpc) is 2.61. The molecule has 24 heavy (non-hydrogen) atoms. The zero-order chi connectivity index (χ0) is 17.4. The average molecular weight is 329 g/mol. The SMILES string of the molecule is COc1ccc(OC(C)C(=O)OCC(=O)Nc2ccccc2)cc1. The van der Waals surface area contributed by atoms with Crippen molar-refractivity contribution in [3.63, 3.8) is 0 Å². The van der Waals surface area contributed by atoms with Gasteiger partial charge in [-0.1, -0.05) is 18.2 Å². The first kappa shape index (κ1) is 17.3. The highest BCUT2D eigenvalue weighted by atomic mass is 16.6. The number of methoxy groups -OCH3 is 1. The molecule has 126 valence electrons. The van der Waals surface area contributed by atoms with Crippen LogP contribution in [0, 0.1) is 0 Å². The van der Waals surface area contributed by atoms with Crippen LogP contribution in [-0.4, -0.2) is 31.7 Å². The van der Waals surface area contributed by atoms with Crippen LogP contribution in [0.2, 0.25) is 0 Å². The van der Waals surface area contributed by atoms with Crippen molar-refractivity contribution >= 4 is 17.6 Å². The second-order valence-electron chi connectivity index (χ2n) is 4.96. The summed E-state index contributed by atoms with van der Waals surface area (Å²) in [6.07, 6.45) is -0.831. The van der Waals surface area contributed by atoms with Gasteiger partial charge in [0.15, 0.2) is 12.7 Å². The molecule has 0 fully saturated rings. The number of rotatable bonds is 7. The predicted molar refractivity (Wildman–Crippen MR) is 89.1 cm³/mol. The highest BCUT2D eigenvalue weighted by Crippen LogP contribution is 2.18. The number of nitrogens with one attached hydrogen (secondary N) is 1. The summed E-state index contributed by atoms with van der Waals surface area (Å²) in [6.45, 7) is 1.19. The molecular weight excluding hydrogens is 310 g/mol. The maximum atomic E-state index is 11.9. The van der Waals surface area contributed by atoms with E-state index in [0.29, 0.717) is 17.2 Å². The number of hydrogen-bond donors (Lipinski definition) is 1. The van der Waals surface area contributed by atoms with Gasteiger partial charge in [-0.3, -0.25) is 4.79 Å². The lowest BCUT2D eigenvalue weighted by Gasteiger charge is -2.14. The summed E-state index contributed by atoms with van der Waals surface area (Å²) < 4.78 is 15.5. The van der Waals surface area contributed by atoms with Gasteiger partial charge in [0.2, 0.25) is 0 Å². The van der Waals surface area contributed by atoms with E-state index in [0.717, 1.165) is 0 Å². The van der Waals surface area contributed by atoms with Gasteiger partial charge in [-0.2, -0.15) is 0 Å². The van der Waals surface area contributed by atoms with Crippen molar-refractivity contribution in [1.82, 2.24) is 0 Å². The number of esters is 1. The minimum absolute atomic E-state index is 0.371. The first-order chi connectivity index (χ1) is 11.6. The van der Waals surface area contributed by atoms with Gasteiger partial charge in [0.05, 0.1) is 7.11 Å². The van der Waals surface area contributed by atoms with E-state index in [2.05, 4.69) is 5.32 Å². The number of carbonyl (C=O) groups excluding carboxylic acids is 2. The Hall–Kier alpha value is -3.02. The normalized spacial score (nSPS) is 11.2. The molecule has 1 N–H and O–H groups in total. The molecular formula is C18H19NO5. The van der Waals surface area contributed by atoms with Gasteiger partial charge in [0.25, 0.3) is 5.91 Å². The molecule has 1 atom stereocenters. The molecule has 1 amide bonds. The topological polar surface area (TPSA) is 73.9 Å². The number of amides is 1. The number of anilines is 1. The lowest BCUT2D eigenvalue weighted by molar-refractivity contribution is -0.153. The quantitative estimate of drug-likeness (QED) is 0.791. The fraction of sp³-hybridized carbons (Fsp3) is 0.222. The largest absolute Gasteiger partial charge is 0.497 e. The first-order valence-electron chi connectivity index (χ1n) is 7.40. The van der Waals surface area contributed by atoms with E-state index in [-0.39, 0.29) is 6.61 Å². The standard InChI is InChI=1S/C18H19NO5/c1-13(24-16-10-8-15(22-2)9-11-16)18(21)23-12-17(20)19-14-6-4-3-5-7-14/h3-11,13H,12H2,1-2H3,(H,19,20). The minimum Gasteiger partial charge on any atom is -0.497 e. The Morgan fingerprint density at radius 2 is 1.62 bits per heavy atom. The van der Waals surface area contributed by atoms with Crippen molar-refractivity contribution < 1.29 is 23.8 Å². The molecule has 0 spiro atoms. The number of carbonyl (C=O) groups is 2. The Kier molecular flexibility index (Phi) is 6.19. The van der Waals surface area contributed by atoms with Crippen LogP contribution in [0.15, 0.2) is 54.6 Å². The van der Waals surface area contributed by atoms with E-state index >= 15 is 0 Å². The van der Waals surface area contributed by atoms with Crippen molar-refractivity contribution in [1.29, 1.82) is 0 Å². The van der Waals surface area contributed by atoms with Crippen LogP contribution >= 0.6 is 0 Å². The molecule has 6 nitrogen and oxygen atoms in total. The van der Waals surface area contributed by atoms with Crippen LogP contribution in [0.5, 0.6) is 11.5 Å². The van der Waals surface area contributed by atoms with Crippen molar-refractivity contribution in [3.8, 4) is 11.5 Å². The molecule has 0 heterocycles. The summed E-state index contributed by atoms with van der Waals surface area (Å²) in [5.74, 6) is 0.171. The summed E-state index contributed by atoms with van der Waals surface area (Å²) in [6, 6.07) is 15.7. The number of para-hydroxylation sites is 1. The zero-order valence-electron chi connectivity index (χ0n) is 13.5. The molecule has 0 saturated carbocycles. The van der Waals surface area contributed by atoms with Gasteiger partial charge in [-0.15, -0.1) is 0 Å². The van der Waals surface area contributed by atoms with Gasteiger partial charge < -0.3 is 19.5 Å². The van der Waals surface area contributed by atoms with E-state index in [1.54, 1.807) is 62.6 Å². The zero-order valence-corrected chi connectivity index (χ0v) is 13.5. The van der Waals surface area contributed by atoms with Crippen LogP contribution in [-0.2, 0) is 14.3 Å². The van der Waals surface area contributed by atoms with Gasteiger partial charge in [-0.05, 0) is 43.3 Å². The summed E-state index contributed by atoms with van der Waals surface area (Å²) in [5.41, 5.74) is 0.640. The fourth-order valence-corrected chi connectivity index (χ4v) is 1.88. The third-order valence-corrected chi connectivity index (χ3v) is 3.11. The van der Waals surface area contributed by atoms with Crippen LogP contribution in [0.1, 0.15) is 6.92 Å². The molecule has 2 rings (SSSR count). The Bertz CT molecular complexity index is 670. The lowest BCUT2D eigenvalue weighted by Crippen LogP contribution is -2.29. The molecule has 0 radical (unpaired) electrons. The molecule has 0 aromatic heterocycles. The third-order valence-electron chi connectivity index (χ3n) is 3.11. The maximum absolute atomic E-state index is 11.9. The van der Waals surface area contributed by atoms with E-state index in [1.165, 1.54) is 0 Å². The van der Waals surface area contributed by atoms with Crippen LogP contribution in [0.3, 0.4) is 0 Å². The van der Waals surface area contributed by atoms with Gasteiger partial charge >= 0.3 is 5.97 Å². The summed E-state index contributed by atoms with van der Waals surface area (Å²) in [4.78, 5) is 23.6. The van der Waals surface area contributed by atoms with Gasteiger partial charge in [0, 0.05) is 5.69 Å². The third kappa shape index (κ3) is 5.31. The van der Waals surface area contributed by atoms with Crippen molar-refractivity contribution in [2.45, 2.75) is 13.0 Å². The Morgan fingerprint density at radius 1 is 1.00 bits per heavy atom. The van der Waals surface area contributed by atoms with Crippen molar-refractivity contribution in [3.05, 3.63) is 54.6 Å². The minimum atomic E-state index is -0.831. The fourth-order valence-electron chi connectivity index (χ4n) is 1.88. The van der Waals surface area contributed by atoms with E-state index in [4.69, 9.17) is 14.2 Å². The molecule has 0 aliphatic carbocycles. The summed E-state index contributed by atoms with van der Waals surface area (Å²) in [7, 11) is 1.57. The van der Waals surface area contributed by atoms with E-state index in [1.807, 2.05) is 6.07 Å². The summed E-state index contributed by atoms with van der Waals surface area (Å²) in [5, 5.41) is 2.63. The first-order valence-corrected chi connectivity index (χ1v) is 7.40. The summed E-state index contributed by atoms with van der Waals surface area (Å²) >= 11 is 0. The molecule has 0 aliphatic heterocycles. The Balaban J connectivity index is 1.77. The highest BCUT2D eigenvalue weighted by Gasteiger charge is 2.17. The van der Waals surface area contributed by atoms with Crippen molar-refractivity contribution in [2.24, 2.45) is 0 Å². The highest BCUT2D eigenvalue weighted by molar-refractivity contribution is 5.93. The second-order valence-corrected chi connectivity index (χ2v) is 4.96. The van der Waals surface area contributed by atoms with Crippen LogP contribution < -0.4 is 14.8 Å². The van der Waals surface area contributed by atoms with Gasteiger partial charge in [0.1, 0.15) is 11.5 Å². The number of hydrogen-bond acceptors (Lipinski definition) is 5. The predicted octanol–water partition coefficient (Wildman–Crippen LogP) is 2.64. The second kappa shape index (κ2) is 8.57. The molecule has 0 aliphatic rings. The molecule has 2 aromatic rings. The molecule has 2 aromatic carbocycles. The van der Waals surface area contributed by atoms with E-state index < -0.39 is 18.0 Å². The maximum Gasteiger partial charge on any atom is 0.347 e.